The number of carbonyl (C=O) groups is 3. The highest BCUT2D eigenvalue weighted by molar-refractivity contribution is 5.95. The van der Waals surface area contributed by atoms with Crippen LogP contribution in [0.25, 0.3) is 0 Å². The zero-order valence-electron chi connectivity index (χ0n) is 19.3. The van der Waals surface area contributed by atoms with Crippen molar-refractivity contribution in [2.24, 2.45) is 34.0 Å². The summed E-state index contributed by atoms with van der Waals surface area (Å²) in [6.07, 6.45) is 8.16. The molecule has 2 fully saturated rings. The zero-order chi connectivity index (χ0) is 22.8. The Morgan fingerprint density at radius 1 is 1.13 bits per heavy atom. The van der Waals surface area contributed by atoms with Crippen molar-refractivity contribution in [3.05, 3.63) is 23.5 Å². The van der Waals surface area contributed by atoms with Gasteiger partial charge < -0.3 is 15.2 Å². The van der Waals surface area contributed by atoms with E-state index in [0.717, 1.165) is 24.8 Å². The summed E-state index contributed by atoms with van der Waals surface area (Å²) in [5.41, 5.74) is 0.190. The maximum absolute atomic E-state index is 13.3. The Bertz CT molecular complexity index is 881. The number of nitrogens with one attached hydrogen (secondary N) is 1. The summed E-state index contributed by atoms with van der Waals surface area (Å²) in [7, 11) is 0. The third-order valence-electron chi connectivity index (χ3n) is 8.62. The topological polar surface area (TPSA) is 92.7 Å². The summed E-state index contributed by atoms with van der Waals surface area (Å²) in [6.45, 7) is 10.0. The maximum Gasteiger partial charge on any atom is 0.511 e. The Kier molecular flexibility index (Phi) is 5.14. The van der Waals surface area contributed by atoms with Crippen LogP contribution in [0.3, 0.4) is 0 Å². The van der Waals surface area contributed by atoms with E-state index in [1.807, 2.05) is 20.8 Å². The number of ketones is 1. The summed E-state index contributed by atoms with van der Waals surface area (Å²) in [5.74, 6) is 0.859. The Hall–Kier alpha value is -2.11. The highest BCUT2D eigenvalue weighted by Gasteiger charge is 2.59. The van der Waals surface area contributed by atoms with Crippen LogP contribution in [-0.4, -0.2) is 29.0 Å². The Labute approximate surface area is 184 Å². The molecule has 4 aliphatic carbocycles. The largest absolute Gasteiger partial charge is 0.511 e. The lowest BCUT2D eigenvalue weighted by Gasteiger charge is -2.56. The van der Waals surface area contributed by atoms with E-state index in [2.05, 4.69) is 19.2 Å². The van der Waals surface area contributed by atoms with Gasteiger partial charge in [0.05, 0.1) is 6.04 Å². The zero-order valence-corrected chi connectivity index (χ0v) is 19.3. The molecule has 0 saturated heterocycles. The second-order valence-electron chi connectivity index (χ2n) is 11.6. The summed E-state index contributed by atoms with van der Waals surface area (Å²) in [5, 5.41) is 12.3. The lowest BCUT2D eigenvalue weighted by Crippen LogP contribution is -2.55. The summed E-state index contributed by atoms with van der Waals surface area (Å²) in [4.78, 5) is 37.4. The minimum atomic E-state index is -1.41. The lowest BCUT2D eigenvalue weighted by atomic mass is 9.48. The molecule has 0 aliphatic heterocycles. The fourth-order valence-electron chi connectivity index (χ4n) is 6.82. The standard InChI is InChI=1S/C25H35NO5/c1-23(2,3)21(28)26-17-13-25(5)14(12-19(17)31-22(29)30)11-18(27)20-15-7-6-9-24(15,4)10-8-16(20)25/h11-12,15-17,20H,6-10,13H2,1-5H3,(H,26,28)(H,29,30)/t15?,16?,17?,20?,24-,25-/m0/s1. The van der Waals surface area contributed by atoms with Crippen molar-refractivity contribution in [2.45, 2.75) is 79.2 Å². The molecule has 2 N–H and O–H groups in total. The lowest BCUT2D eigenvalue weighted by molar-refractivity contribution is -0.133. The summed E-state index contributed by atoms with van der Waals surface area (Å²) >= 11 is 0. The molecule has 2 saturated carbocycles. The molecule has 0 bridgehead atoms. The molecule has 0 heterocycles. The van der Waals surface area contributed by atoms with Gasteiger partial charge in [-0.2, -0.15) is 0 Å². The van der Waals surface area contributed by atoms with E-state index in [0.29, 0.717) is 12.3 Å². The Balaban J connectivity index is 1.73. The molecule has 0 aromatic carbocycles. The number of carbonyl (C=O) groups excluding carboxylic acids is 2. The van der Waals surface area contributed by atoms with Crippen LogP contribution in [0, 0.1) is 34.0 Å². The minimum Gasteiger partial charge on any atom is -0.449 e. The van der Waals surface area contributed by atoms with Crippen molar-refractivity contribution in [1.82, 2.24) is 5.32 Å². The third-order valence-corrected chi connectivity index (χ3v) is 8.62. The van der Waals surface area contributed by atoms with E-state index in [4.69, 9.17) is 4.74 Å². The van der Waals surface area contributed by atoms with Gasteiger partial charge >= 0.3 is 6.16 Å². The number of hydrogen-bond acceptors (Lipinski definition) is 4. The Morgan fingerprint density at radius 3 is 2.48 bits per heavy atom. The van der Waals surface area contributed by atoms with Crippen LogP contribution in [-0.2, 0) is 14.3 Å². The molecule has 6 atom stereocenters. The molecule has 4 aliphatic rings. The number of amides is 1. The molecule has 31 heavy (non-hydrogen) atoms. The average molecular weight is 430 g/mol. The highest BCUT2D eigenvalue weighted by Crippen LogP contribution is 2.63. The first-order chi connectivity index (χ1) is 14.3. The number of allylic oxidation sites excluding steroid dienone is 3. The number of fused-ring (bicyclic) bond motifs is 5. The fraction of sp³-hybridized carbons (Fsp3) is 0.720. The molecular weight excluding hydrogens is 394 g/mol. The Morgan fingerprint density at radius 2 is 1.84 bits per heavy atom. The second-order valence-corrected chi connectivity index (χ2v) is 11.6. The monoisotopic (exact) mass is 429 g/mol. The smallest absolute Gasteiger partial charge is 0.449 e. The maximum atomic E-state index is 13.3. The molecule has 4 unspecified atom stereocenters. The van der Waals surface area contributed by atoms with E-state index < -0.39 is 17.6 Å². The fourth-order valence-corrected chi connectivity index (χ4v) is 6.82. The third kappa shape index (κ3) is 3.62. The van der Waals surface area contributed by atoms with Crippen LogP contribution in [0.15, 0.2) is 23.5 Å². The van der Waals surface area contributed by atoms with Crippen LogP contribution in [0.2, 0.25) is 0 Å². The van der Waals surface area contributed by atoms with E-state index in [1.165, 1.54) is 12.8 Å². The summed E-state index contributed by atoms with van der Waals surface area (Å²) < 4.78 is 5.08. The SMILES string of the molecule is CC(C)(C)C(=O)NC1C[C@@]2(C)C(=CC(=O)C3C4CCC[C@@]4(C)CCC32)C=C1OC(=O)O. The number of ether oxygens (including phenoxy) is 1. The van der Waals surface area contributed by atoms with Gasteiger partial charge in [0, 0.05) is 11.3 Å². The second kappa shape index (κ2) is 7.21. The van der Waals surface area contributed by atoms with E-state index in [9.17, 15) is 19.5 Å². The van der Waals surface area contributed by atoms with Crippen molar-refractivity contribution in [3.8, 4) is 0 Å². The van der Waals surface area contributed by atoms with Crippen molar-refractivity contribution < 1.29 is 24.2 Å². The van der Waals surface area contributed by atoms with Gasteiger partial charge in [0.2, 0.25) is 5.91 Å². The van der Waals surface area contributed by atoms with Crippen LogP contribution in [0.5, 0.6) is 0 Å². The quantitative estimate of drug-likeness (QED) is 0.612. The predicted molar refractivity (Wildman–Crippen MR) is 116 cm³/mol. The van der Waals surface area contributed by atoms with Crippen LogP contribution in [0.1, 0.15) is 73.1 Å². The van der Waals surface area contributed by atoms with Gasteiger partial charge in [0.25, 0.3) is 0 Å². The van der Waals surface area contributed by atoms with Gasteiger partial charge in [-0.05, 0) is 72.5 Å². The molecule has 0 aromatic rings. The average Bonchev–Trinajstić information content (AvgIpc) is 3.04. The number of rotatable bonds is 2. The van der Waals surface area contributed by atoms with Crippen molar-refractivity contribution in [1.29, 1.82) is 0 Å². The van der Waals surface area contributed by atoms with Crippen LogP contribution in [0.4, 0.5) is 4.79 Å². The first kappa shape index (κ1) is 22.1. The highest BCUT2D eigenvalue weighted by atomic mass is 16.7. The molecule has 6 nitrogen and oxygen atoms in total. The molecule has 170 valence electrons. The van der Waals surface area contributed by atoms with E-state index in [1.54, 1.807) is 12.2 Å². The van der Waals surface area contributed by atoms with Gasteiger partial charge in [-0.3, -0.25) is 9.59 Å². The molecule has 4 rings (SSSR count). The first-order valence-electron chi connectivity index (χ1n) is 11.5. The predicted octanol–water partition coefficient (Wildman–Crippen LogP) is 4.85. The van der Waals surface area contributed by atoms with Gasteiger partial charge in [0.15, 0.2) is 5.78 Å². The normalized spacial score (nSPS) is 39.5. The van der Waals surface area contributed by atoms with Crippen LogP contribution < -0.4 is 5.32 Å². The minimum absolute atomic E-state index is 0.0179. The van der Waals surface area contributed by atoms with Crippen LogP contribution >= 0.6 is 0 Å². The molecule has 0 radical (unpaired) electrons. The molecule has 6 heteroatoms. The first-order valence-corrected chi connectivity index (χ1v) is 11.5. The molecule has 1 amide bonds. The summed E-state index contributed by atoms with van der Waals surface area (Å²) in [6, 6.07) is -0.532. The molecule has 0 spiro atoms. The van der Waals surface area contributed by atoms with Gasteiger partial charge in [-0.1, -0.05) is 41.0 Å². The van der Waals surface area contributed by atoms with Gasteiger partial charge in [-0.25, -0.2) is 4.79 Å². The van der Waals surface area contributed by atoms with Crippen molar-refractivity contribution >= 4 is 17.8 Å². The number of carboxylic acid groups (broad SMARTS) is 1. The van der Waals surface area contributed by atoms with Gasteiger partial charge in [-0.15, -0.1) is 0 Å². The molecular formula is C25H35NO5. The van der Waals surface area contributed by atoms with E-state index >= 15 is 0 Å². The van der Waals surface area contributed by atoms with E-state index in [-0.39, 0.29) is 40.1 Å². The van der Waals surface area contributed by atoms with Crippen molar-refractivity contribution in [2.75, 3.05) is 0 Å². The van der Waals surface area contributed by atoms with Gasteiger partial charge in [0.1, 0.15) is 5.76 Å². The number of hydrogen-bond donors (Lipinski definition) is 2. The van der Waals surface area contributed by atoms with Crippen molar-refractivity contribution in [3.63, 3.8) is 0 Å². The molecule has 0 aromatic heterocycles.